The summed E-state index contributed by atoms with van der Waals surface area (Å²) in [5, 5.41) is 0. The fraction of sp³-hybridized carbons (Fsp3) is 0.650. The predicted octanol–water partition coefficient (Wildman–Crippen LogP) is 4.30. The van der Waals surface area contributed by atoms with E-state index in [1.54, 1.807) is 0 Å². The first-order valence-corrected chi connectivity index (χ1v) is 8.78. The highest BCUT2D eigenvalue weighted by atomic mass is 16.5. The molecule has 1 aromatic rings. The fourth-order valence-corrected chi connectivity index (χ4v) is 4.42. The molecule has 23 heavy (non-hydrogen) atoms. The van der Waals surface area contributed by atoms with Crippen LogP contribution in [0.4, 0.5) is 0 Å². The topological polar surface area (TPSA) is 29.5 Å². The van der Waals surface area contributed by atoms with Gasteiger partial charge in [0.25, 0.3) is 0 Å². The van der Waals surface area contributed by atoms with Crippen LogP contribution in [0, 0.1) is 5.92 Å². The van der Waals surface area contributed by atoms with Crippen molar-refractivity contribution in [1.29, 1.82) is 0 Å². The monoisotopic (exact) mass is 317 g/mol. The average Bonchev–Trinajstić information content (AvgIpc) is 2.51. The van der Waals surface area contributed by atoms with E-state index in [0.717, 1.165) is 6.42 Å². The number of methoxy groups -OCH3 is 1. The molecule has 0 aromatic heterocycles. The summed E-state index contributed by atoms with van der Waals surface area (Å²) in [5.74, 6) is 0.393. The van der Waals surface area contributed by atoms with E-state index in [1.807, 2.05) is 12.1 Å². The summed E-state index contributed by atoms with van der Waals surface area (Å²) in [6.07, 6.45) is 3.55. The van der Waals surface area contributed by atoms with Crippen LogP contribution >= 0.6 is 0 Å². The lowest BCUT2D eigenvalue weighted by Gasteiger charge is -2.64. The van der Waals surface area contributed by atoms with Crippen molar-refractivity contribution in [2.24, 2.45) is 5.92 Å². The summed E-state index contributed by atoms with van der Waals surface area (Å²) >= 11 is 0. The molecule has 3 heteroatoms. The summed E-state index contributed by atoms with van der Waals surface area (Å²) in [6, 6.07) is 9.14. The molecule has 2 atom stereocenters. The Morgan fingerprint density at radius 2 is 1.87 bits per heavy atom. The fourth-order valence-electron chi connectivity index (χ4n) is 4.42. The van der Waals surface area contributed by atoms with Gasteiger partial charge in [-0.1, -0.05) is 25.5 Å². The summed E-state index contributed by atoms with van der Waals surface area (Å²) in [4.78, 5) is 14.2. The molecule has 0 N–H and O–H groups in total. The molecule has 0 spiro atoms. The maximum absolute atomic E-state index is 11.5. The van der Waals surface area contributed by atoms with E-state index in [9.17, 15) is 4.79 Å². The summed E-state index contributed by atoms with van der Waals surface area (Å²) in [6.45, 7) is 11.6. The molecule has 1 saturated heterocycles. The molecular weight excluding hydrogens is 286 g/mol. The molecule has 0 amide bonds. The standard InChI is InChI=1S/C20H31NO2/c1-7-8-18-17(20(4,5)21(18)14(2)3)13-15-9-11-16(12-10-15)19(22)23-6/h9-12,14,17-18H,7-8,13H2,1-6H3. The molecule has 0 radical (unpaired) electrons. The van der Waals surface area contributed by atoms with Crippen LogP contribution in [0.15, 0.2) is 24.3 Å². The van der Waals surface area contributed by atoms with Gasteiger partial charge in [0, 0.05) is 17.6 Å². The Hall–Kier alpha value is -1.35. The second kappa shape index (κ2) is 7.04. The molecule has 2 rings (SSSR count). The minimum absolute atomic E-state index is 0.231. The molecule has 0 saturated carbocycles. The minimum atomic E-state index is -0.268. The number of carbonyl (C=O) groups is 1. The number of likely N-dealkylation sites (tertiary alicyclic amines) is 1. The Balaban J connectivity index is 2.13. The van der Waals surface area contributed by atoms with Gasteiger partial charge in [-0.2, -0.15) is 0 Å². The molecule has 0 aliphatic carbocycles. The van der Waals surface area contributed by atoms with E-state index < -0.39 is 0 Å². The number of hydrogen-bond donors (Lipinski definition) is 0. The number of nitrogens with zero attached hydrogens (tertiary/aromatic N) is 1. The maximum Gasteiger partial charge on any atom is 0.337 e. The lowest BCUT2D eigenvalue weighted by molar-refractivity contribution is -0.140. The zero-order valence-electron chi connectivity index (χ0n) is 15.4. The summed E-state index contributed by atoms with van der Waals surface area (Å²) < 4.78 is 4.77. The Labute approximate surface area is 141 Å². The molecule has 1 aliphatic rings. The van der Waals surface area contributed by atoms with Gasteiger partial charge in [-0.3, -0.25) is 4.90 Å². The predicted molar refractivity (Wildman–Crippen MR) is 94.7 cm³/mol. The molecule has 3 nitrogen and oxygen atoms in total. The van der Waals surface area contributed by atoms with Crippen molar-refractivity contribution in [1.82, 2.24) is 4.90 Å². The lowest BCUT2D eigenvalue weighted by Crippen LogP contribution is -2.72. The van der Waals surface area contributed by atoms with Gasteiger partial charge < -0.3 is 4.74 Å². The van der Waals surface area contributed by atoms with Crippen LogP contribution in [0.25, 0.3) is 0 Å². The van der Waals surface area contributed by atoms with Crippen molar-refractivity contribution in [2.45, 2.75) is 71.5 Å². The zero-order chi connectivity index (χ0) is 17.2. The summed E-state index contributed by atoms with van der Waals surface area (Å²) in [5.41, 5.74) is 2.16. The number of hydrogen-bond acceptors (Lipinski definition) is 3. The lowest BCUT2D eigenvalue weighted by atomic mass is 9.65. The van der Waals surface area contributed by atoms with E-state index in [4.69, 9.17) is 4.74 Å². The smallest absolute Gasteiger partial charge is 0.337 e. The van der Waals surface area contributed by atoms with E-state index in [2.05, 4.69) is 51.7 Å². The van der Waals surface area contributed by atoms with Crippen LogP contribution in [-0.4, -0.2) is 35.6 Å². The third kappa shape index (κ3) is 3.45. The number of ether oxygens (including phenoxy) is 1. The molecule has 1 aromatic carbocycles. The van der Waals surface area contributed by atoms with Gasteiger partial charge in [0.1, 0.15) is 0 Å². The van der Waals surface area contributed by atoms with Crippen LogP contribution in [-0.2, 0) is 11.2 Å². The average molecular weight is 317 g/mol. The molecular formula is C20H31NO2. The molecule has 2 unspecified atom stereocenters. The van der Waals surface area contributed by atoms with Crippen LogP contribution in [0.5, 0.6) is 0 Å². The summed E-state index contributed by atoms with van der Waals surface area (Å²) in [7, 11) is 1.42. The van der Waals surface area contributed by atoms with Crippen molar-refractivity contribution < 1.29 is 9.53 Å². The van der Waals surface area contributed by atoms with Crippen molar-refractivity contribution in [3.63, 3.8) is 0 Å². The second-order valence-corrected chi connectivity index (χ2v) is 7.51. The van der Waals surface area contributed by atoms with Crippen molar-refractivity contribution in [3.05, 3.63) is 35.4 Å². The molecule has 1 heterocycles. The number of benzene rings is 1. The molecule has 1 aliphatic heterocycles. The van der Waals surface area contributed by atoms with Crippen LogP contribution < -0.4 is 0 Å². The quantitative estimate of drug-likeness (QED) is 0.733. The van der Waals surface area contributed by atoms with Gasteiger partial charge in [0.2, 0.25) is 0 Å². The highest BCUT2D eigenvalue weighted by Gasteiger charge is 2.53. The number of carbonyl (C=O) groups excluding carboxylic acids is 1. The van der Waals surface area contributed by atoms with Gasteiger partial charge >= 0.3 is 5.97 Å². The Morgan fingerprint density at radius 1 is 1.26 bits per heavy atom. The first-order valence-electron chi connectivity index (χ1n) is 8.78. The van der Waals surface area contributed by atoms with Gasteiger partial charge in [-0.25, -0.2) is 4.79 Å². The maximum atomic E-state index is 11.5. The number of esters is 1. The van der Waals surface area contributed by atoms with Gasteiger partial charge in [-0.05, 0) is 64.2 Å². The van der Waals surface area contributed by atoms with E-state index in [1.165, 1.54) is 25.5 Å². The van der Waals surface area contributed by atoms with E-state index in [-0.39, 0.29) is 11.5 Å². The number of rotatable bonds is 6. The Bertz CT molecular complexity index is 533. The zero-order valence-corrected chi connectivity index (χ0v) is 15.4. The van der Waals surface area contributed by atoms with Crippen molar-refractivity contribution in [3.8, 4) is 0 Å². The van der Waals surface area contributed by atoms with Crippen molar-refractivity contribution >= 4 is 5.97 Å². The second-order valence-electron chi connectivity index (χ2n) is 7.51. The first-order chi connectivity index (χ1) is 10.8. The molecule has 1 fully saturated rings. The molecule has 128 valence electrons. The third-order valence-electron chi connectivity index (χ3n) is 5.37. The van der Waals surface area contributed by atoms with E-state index >= 15 is 0 Å². The van der Waals surface area contributed by atoms with Crippen LogP contribution in [0.3, 0.4) is 0 Å². The van der Waals surface area contributed by atoms with Crippen LogP contribution in [0.2, 0.25) is 0 Å². The highest BCUT2D eigenvalue weighted by Crippen LogP contribution is 2.47. The van der Waals surface area contributed by atoms with E-state index in [0.29, 0.717) is 23.6 Å². The minimum Gasteiger partial charge on any atom is -0.465 e. The van der Waals surface area contributed by atoms with Gasteiger partial charge in [0.15, 0.2) is 0 Å². The third-order valence-corrected chi connectivity index (χ3v) is 5.37. The van der Waals surface area contributed by atoms with Crippen molar-refractivity contribution in [2.75, 3.05) is 7.11 Å². The van der Waals surface area contributed by atoms with Crippen LogP contribution in [0.1, 0.15) is 63.4 Å². The first kappa shape index (κ1) is 18.0. The Kier molecular flexibility index (Phi) is 5.51. The Morgan fingerprint density at radius 3 is 2.35 bits per heavy atom. The van der Waals surface area contributed by atoms with Gasteiger partial charge in [0.05, 0.1) is 12.7 Å². The highest BCUT2D eigenvalue weighted by molar-refractivity contribution is 5.89. The SMILES string of the molecule is CCCC1C(Cc2ccc(C(=O)OC)cc2)C(C)(C)N1C(C)C. The van der Waals surface area contributed by atoms with Gasteiger partial charge in [-0.15, -0.1) is 0 Å². The normalized spacial score (nSPS) is 23.6. The molecule has 0 bridgehead atoms. The largest absolute Gasteiger partial charge is 0.465 e.